The van der Waals surface area contributed by atoms with Gasteiger partial charge in [-0.15, -0.1) is 0 Å². The minimum atomic E-state index is -1.06. The Morgan fingerprint density at radius 2 is 1.86 bits per heavy atom. The summed E-state index contributed by atoms with van der Waals surface area (Å²) in [7, 11) is 0. The number of carbonyl (C=O) groups excluding carboxylic acids is 1. The van der Waals surface area contributed by atoms with Crippen molar-refractivity contribution >= 4 is 11.9 Å². The molecule has 0 heterocycles. The number of aliphatic carboxylic acids is 1. The molecule has 1 aromatic carbocycles. The number of amides is 1. The quantitative estimate of drug-likeness (QED) is 0.735. The van der Waals surface area contributed by atoms with Crippen LogP contribution < -0.4 is 5.32 Å². The highest BCUT2D eigenvalue weighted by Crippen LogP contribution is 2.28. The molecule has 0 aliphatic carbocycles. The van der Waals surface area contributed by atoms with Crippen molar-refractivity contribution in [3.05, 3.63) is 35.9 Å². The summed E-state index contributed by atoms with van der Waals surface area (Å²) < 4.78 is 0. The van der Waals surface area contributed by atoms with E-state index >= 15 is 0 Å². The summed E-state index contributed by atoms with van der Waals surface area (Å²) in [6, 6.07) is 9.13. The number of hydrogen-bond donors (Lipinski definition) is 2. The van der Waals surface area contributed by atoms with Crippen LogP contribution in [0.3, 0.4) is 0 Å². The molecule has 2 atom stereocenters. The fourth-order valence-corrected chi connectivity index (χ4v) is 2.77. The first-order valence-electron chi connectivity index (χ1n) is 8.01. The van der Waals surface area contributed by atoms with Crippen molar-refractivity contribution in [1.29, 1.82) is 0 Å². The summed E-state index contributed by atoms with van der Waals surface area (Å²) in [6.45, 7) is 6.11. The third-order valence-electron chi connectivity index (χ3n) is 4.24. The Balaban J connectivity index is 2.79. The van der Waals surface area contributed by atoms with E-state index in [-0.39, 0.29) is 12.5 Å². The van der Waals surface area contributed by atoms with Crippen LogP contribution >= 0.6 is 0 Å². The van der Waals surface area contributed by atoms with Crippen LogP contribution in [0.25, 0.3) is 0 Å². The first kappa shape index (κ1) is 18.2. The topological polar surface area (TPSA) is 66.4 Å². The molecule has 0 fully saturated rings. The van der Waals surface area contributed by atoms with E-state index in [0.717, 1.165) is 18.4 Å². The highest BCUT2D eigenvalue weighted by atomic mass is 16.4. The normalized spacial score (nSPS) is 14.9. The number of benzene rings is 1. The summed E-state index contributed by atoms with van der Waals surface area (Å²) in [5.74, 6) is -0.651. The van der Waals surface area contributed by atoms with Gasteiger partial charge in [-0.3, -0.25) is 9.59 Å². The molecule has 2 unspecified atom stereocenters. The van der Waals surface area contributed by atoms with Gasteiger partial charge in [0.1, 0.15) is 5.41 Å². The lowest BCUT2D eigenvalue weighted by atomic mass is 9.78. The molecule has 4 nitrogen and oxygen atoms in total. The zero-order chi connectivity index (χ0) is 16.6. The molecule has 0 aromatic heterocycles. The van der Waals surface area contributed by atoms with Gasteiger partial charge < -0.3 is 10.4 Å². The zero-order valence-corrected chi connectivity index (χ0v) is 13.8. The van der Waals surface area contributed by atoms with Crippen LogP contribution in [-0.2, 0) is 15.0 Å². The molecule has 0 saturated heterocycles. The van der Waals surface area contributed by atoms with Gasteiger partial charge in [0.15, 0.2) is 0 Å². The van der Waals surface area contributed by atoms with E-state index in [0.29, 0.717) is 18.8 Å². The molecule has 0 saturated carbocycles. The van der Waals surface area contributed by atoms with Crippen LogP contribution in [0.1, 0.15) is 52.0 Å². The van der Waals surface area contributed by atoms with E-state index < -0.39 is 11.4 Å². The van der Waals surface area contributed by atoms with Gasteiger partial charge in [-0.05, 0) is 17.9 Å². The average molecular weight is 305 g/mol. The molecular weight excluding hydrogens is 278 g/mol. The Kier molecular flexibility index (Phi) is 7.09. The van der Waals surface area contributed by atoms with Crippen LogP contribution in [-0.4, -0.2) is 23.5 Å². The third-order valence-corrected chi connectivity index (χ3v) is 4.24. The number of nitrogens with one attached hydrogen (secondary N) is 1. The van der Waals surface area contributed by atoms with Crippen molar-refractivity contribution in [3.8, 4) is 0 Å². The molecule has 0 radical (unpaired) electrons. The van der Waals surface area contributed by atoms with E-state index in [9.17, 15) is 14.7 Å². The fraction of sp³-hybridized carbons (Fsp3) is 0.556. The molecule has 122 valence electrons. The average Bonchev–Trinajstić information content (AvgIpc) is 2.49. The minimum Gasteiger partial charge on any atom is -0.481 e. The van der Waals surface area contributed by atoms with E-state index in [2.05, 4.69) is 12.2 Å². The predicted octanol–water partition coefficient (Wildman–Crippen LogP) is 3.36. The zero-order valence-electron chi connectivity index (χ0n) is 13.8. The van der Waals surface area contributed by atoms with Gasteiger partial charge in [0.25, 0.3) is 0 Å². The molecule has 1 rings (SSSR count). The lowest BCUT2D eigenvalue weighted by Crippen LogP contribution is -2.46. The maximum atomic E-state index is 12.0. The summed E-state index contributed by atoms with van der Waals surface area (Å²) >= 11 is 0. The second kappa shape index (κ2) is 8.57. The second-order valence-electron chi connectivity index (χ2n) is 5.98. The molecule has 22 heavy (non-hydrogen) atoms. The fourth-order valence-electron chi connectivity index (χ4n) is 2.77. The summed E-state index contributed by atoms with van der Waals surface area (Å²) in [4.78, 5) is 23.9. The molecule has 0 aliphatic rings. The highest BCUT2D eigenvalue weighted by Gasteiger charge is 2.38. The number of carboxylic acids is 1. The maximum absolute atomic E-state index is 12.0. The third kappa shape index (κ3) is 4.58. The van der Waals surface area contributed by atoms with Crippen LogP contribution in [0, 0.1) is 5.92 Å². The molecule has 1 amide bonds. The lowest BCUT2D eigenvalue weighted by Gasteiger charge is -2.29. The molecule has 1 aromatic rings. The van der Waals surface area contributed by atoms with E-state index in [1.54, 1.807) is 0 Å². The van der Waals surface area contributed by atoms with Gasteiger partial charge >= 0.3 is 5.97 Å². The Morgan fingerprint density at radius 3 is 2.36 bits per heavy atom. The van der Waals surface area contributed by atoms with Gasteiger partial charge in [-0.2, -0.15) is 0 Å². The standard InChI is InChI=1S/C18H27NO3/c1-4-9-14(3)12-16(20)19-13-18(5-2,17(21)22)15-10-7-6-8-11-15/h6-8,10-11,14H,4-5,9,12-13H2,1-3H3,(H,19,20)(H,21,22). The van der Waals surface area contributed by atoms with Gasteiger partial charge in [-0.1, -0.05) is 63.9 Å². The maximum Gasteiger partial charge on any atom is 0.315 e. The Bertz CT molecular complexity index is 486. The number of hydrogen-bond acceptors (Lipinski definition) is 2. The van der Waals surface area contributed by atoms with Crippen LogP contribution in [0.15, 0.2) is 30.3 Å². The summed E-state index contributed by atoms with van der Waals surface area (Å²) in [5, 5.41) is 12.5. The Morgan fingerprint density at radius 1 is 1.23 bits per heavy atom. The van der Waals surface area contributed by atoms with Crippen molar-refractivity contribution < 1.29 is 14.7 Å². The monoisotopic (exact) mass is 305 g/mol. The number of carbonyl (C=O) groups is 2. The van der Waals surface area contributed by atoms with Crippen LogP contribution in [0.4, 0.5) is 0 Å². The van der Waals surface area contributed by atoms with Crippen molar-refractivity contribution in [2.75, 3.05) is 6.54 Å². The molecule has 2 N–H and O–H groups in total. The van der Waals surface area contributed by atoms with Crippen LogP contribution in [0.2, 0.25) is 0 Å². The van der Waals surface area contributed by atoms with Crippen molar-refractivity contribution in [3.63, 3.8) is 0 Å². The summed E-state index contributed by atoms with van der Waals surface area (Å²) in [5.41, 5.74) is -0.336. The molecule has 0 spiro atoms. The van der Waals surface area contributed by atoms with Crippen molar-refractivity contribution in [2.24, 2.45) is 5.92 Å². The molecule has 0 aliphatic heterocycles. The van der Waals surface area contributed by atoms with E-state index in [4.69, 9.17) is 0 Å². The van der Waals surface area contributed by atoms with Gasteiger partial charge in [0.2, 0.25) is 5.91 Å². The smallest absolute Gasteiger partial charge is 0.315 e. The van der Waals surface area contributed by atoms with Gasteiger partial charge in [0.05, 0.1) is 0 Å². The minimum absolute atomic E-state index is 0.0732. The van der Waals surface area contributed by atoms with Gasteiger partial charge in [-0.25, -0.2) is 0 Å². The molecule has 0 bridgehead atoms. The number of carboxylic acid groups (broad SMARTS) is 1. The van der Waals surface area contributed by atoms with E-state index in [1.165, 1.54) is 0 Å². The number of rotatable bonds is 9. The SMILES string of the molecule is CCCC(C)CC(=O)NCC(CC)(C(=O)O)c1ccccc1. The molecular formula is C18H27NO3. The predicted molar refractivity (Wildman–Crippen MR) is 87.7 cm³/mol. The van der Waals surface area contributed by atoms with Crippen LogP contribution in [0.5, 0.6) is 0 Å². The first-order chi connectivity index (χ1) is 10.5. The van der Waals surface area contributed by atoms with Gasteiger partial charge in [0, 0.05) is 13.0 Å². The Labute approximate surface area is 132 Å². The largest absolute Gasteiger partial charge is 0.481 e. The Hall–Kier alpha value is -1.84. The van der Waals surface area contributed by atoms with E-state index in [1.807, 2.05) is 44.2 Å². The lowest BCUT2D eigenvalue weighted by molar-refractivity contribution is -0.144. The molecule has 4 heteroatoms. The first-order valence-corrected chi connectivity index (χ1v) is 8.01. The van der Waals surface area contributed by atoms with Crippen molar-refractivity contribution in [1.82, 2.24) is 5.32 Å². The summed E-state index contributed by atoms with van der Waals surface area (Å²) in [6.07, 6.45) is 2.93. The second-order valence-corrected chi connectivity index (χ2v) is 5.98. The highest BCUT2D eigenvalue weighted by molar-refractivity contribution is 5.83. The van der Waals surface area contributed by atoms with Crippen molar-refractivity contribution in [2.45, 2.75) is 51.9 Å².